The summed E-state index contributed by atoms with van der Waals surface area (Å²) in [6.07, 6.45) is 3.86. The maximum atomic E-state index is 8.95. The SMILES string of the molecule is CC(N)c1ccnc(N2CCC(CCO)C2)c1. The Bertz CT molecular complexity index is 367. The van der Waals surface area contributed by atoms with Crippen LogP contribution in [-0.4, -0.2) is 29.8 Å². The van der Waals surface area contributed by atoms with Crippen LogP contribution in [0.3, 0.4) is 0 Å². The zero-order valence-corrected chi connectivity index (χ0v) is 10.3. The monoisotopic (exact) mass is 235 g/mol. The number of pyridine rings is 1. The average Bonchev–Trinajstić information content (AvgIpc) is 2.78. The smallest absolute Gasteiger partial charge is 0.128 e. The molecule has 0 aromatic carbocycles. The van der Waals surface area contributed by atoms with Crippen LogP contribution < -0.4 is 10.6 Å². The third-order valence-corrected chi connectivity index (χ3v) is 3.44. The van der Waals surface area contributed by atoms with E-state index in [-0.39, 0.29) is 12.6 Å². The van der Waals surface area contributed by atoms with Crippen LogP contribution in [0.25, 0.3) is 0 Å². The number of aliphatic hydroxyl groups is 1. The van der Waals surface area contributed by atoms with Crippen LogP contribution in [0.15, 0.2) is 18.3 Å². The highest BCUT2D eigenvalue weighted by molar-refractivity contribution is 5.42. The number of anilines is 1. The van der Waals surface area contributed by atoms with Gasteiger partial charge in [0.15, 0.2) is 0 Å². The fourth-order valence-electron chi connectivity index (χ4n) is 2.35. The molecular weight excluding hydrogens is 214 g/mol. The highest BCUT2D eigenvalue weighted by atomic mass is 16.3. The minimum Gasteiger partial charge on any atom is -0.396 e. The minimum absolute atomic E-state index is 0.0487. The van der Waals surface area contributed by atoms with Gasteiger partial charge in [-0.1, -0.05) is 0 Å². The van der Waals surface area contributed by atoms with Crippen molar-refractivity contribution in [3.8, 4) is 0 Å². The first-order valence-corrected chi connectivity index (χ1v) is 6.28. The second-order valence-corrected chi connectivity index (χ2v) is 4.85. The Hall–Kier alpha value is -1.13. The highest BCUT2D eigenvalue weighted by Gasteiger charge is 2.23. The summed E-state index contributed by atoms with van der Waals surface area (Å²) < 4.78 is 0. The number of aliphatic hydroxyl groups excluding tert-OH is 1. The number of nitrogens with two attached hydrogens (primary N) is 1. The van der Waals surface area contributed by atoms with E-state index in [4.69, 9.17) is 10.8 Å². The molecule has 17 heavy (non-hydrogen) atoms. The van der Waals surface area contributed by atoms with Crippen molar-refractivity contribution in [1.29, 1.82) is 0 Å². The molecule has 1 aromatic heterocycles. The number of hydrogen-bond acceptors (Lipinski definition) is 4. The topological polar surface area (TPSA) is 62.4 Å². The zero-order chi connectivity index (χ0) is 12.3. The molecule has 2 rings (SSSR count). The van der Waals surface area contributed by atoms with Gasteiger partial charge in [0.25, 0.3) is 0 Å². The van der Waals surface area contributed by atoms with E-state index in [1.807, 2.05) is 19.2 Å². The van der Waals surface area contributed by atoms with Crippen LogP contribution in [0.1, 0.15) is 31.4 Å². The Labute approximate surface area is 102 Å². The maximum Gasteiger partial charge on any atom is 0.128 e. The van der Waals surface area contributed by atoms with Gasteiger partial charge < -0.3 is 15.7 Å². The molecule has 3 N–H and O–H groups in total. The van der Waals surface area contributed by atoms with Gasteiger partial charge in [0.05, 0.1) is 0 Å². The summed E-state index contributed by atoms with van der Waals surface area (Å²) in [5.41, 5.74) is 7.00. The number of hydrogen-bond donors (Lipinski definition) is 2. The van der Waals surface area contributed by atoms with E-state index in [1.54, 1.807) is 0 Å². The number of rotatable bonds is 4. The molecule has 94 valence electrons. The summed E-state index contributed by atoms with van der Waals surface area (Å²) in [5.74, 6) is 1.61. The van der Waals surface area contributed by atoms with Gasteiger partial charge in [0.2, 0.25) is 0 Å². The van der Waals surface area contributed by atoms with Gasteiger partial charge in [-0.05, 0) is 43.4 Å². The van der Waals surface area contributed by atoms with E-state index in [0.717, 1.165) is 37.3 Å². The predicted molar refractivity (Wildman–Crippen MR) is 68.9 cm³/mol. The summed E-state index contributed by atoms with van der Waals surface area (Å²) in [7, 11) is 0. The first-order chi connectivity index (χ1) is 8.20. The molecule has 1 saturated heterocycles. The van der Waals surface area contributed by atoms with Crippen molar-refractivity contribution in [2.45, 2.75) is 25.8 Å². The molecular formula is C13H21N3O. The van der Waals surface area contributed by atoms with Crippen LogP contribution >= 0.6 is 0 Å². The second-order valence-electron chi connectivity index (χ2n) is 4.85. The first kappa shape index (κ1) is 12.3. The normalized spacial score (nSPS) is 21.8. The van der Waals surface area contributed by atoms with Crippen LogP contribution in [0.4, 0.5) is 5.82 Å². The number of nitrogens with zero attached hydrogens (tertiary/aromatic N) is 2. The van der Waals surface area contributed by atoms with Crippen LogP contribution in [0.2, 0.25) is 0 Å². The molecule has 1 fully saturated rings. The van der Waals surface area contributed by atoms with Gasteiger partial charge in [0, 0.05) is 31.9 Å². The summed E-state index contributed by atoms with van der Waals surface area (Å²) in [6, 6.07) is 4.09. The molecule has 2 atom stereocenters. The standard InChI is InChI=1S/C13H21N3O/c1-10(14)12-2-5-15-13(8-12)16-6-3-11(9-16)4-7-17/h2,5,8,10-11,17H,3-4,6-7,9,14H2,1H3. The van der Waals surface area contributed by atoms with E-state index >= 15 is 0 Å². The van der Waals surface area contributed by atoms with Crippen molar-refractivity contribution in [3.63, 3.8) is 0 Å². The summed E-state index contributed by atoms with van der Waals surface area (Å²) >= 11 is 0. The number of aromatic nitrogens is 1. The first-order valence-electron chi connectivity index (χ1n) is 6.28. The van der Waals surface area contributed by atoms with E-state index < -0.39 is 0 Å². The van der Waals surface area contributed by atoms with Gasteiger partial charge in [-0.2, -0.15) is 0 Å². The van der Waals surface area contributed by atoms with E-state index in [9.17, 15) is 0 Å². The van der Waals surface area contributed by atoms with Gasteiger partial charge in [0.1, 0.15) is 5.82 Å². The molecule has 1 aromatic rings. The molecule has 0 radical (unpaired) electrons. The highest BCUT2D eigenvalue weighted by Crippen LogP contribution is 2.25. The van der Waals surface area contributed by atoms with Gasteiger partial charge in [-0.15, -0.1) is 0 Å². The van der Waals surface area contributed by atoms with Gasteiger partial charge in [-0.3, -0.25) is 0 Å². The van der Waals surface area contributed by atoms with Crippen molar-refractivity contribution in [2.75, 3.05) is 24.6 Å². The molecule has 2 unspecified atom stereocenters. The lowest BCUT2D eigenvalue weighted by atomic mass is 10.1. The molecule has 1 aliphatic heterocycles. The Morgan fingerprint density at radius 1 is 1.65 bits per heavy atom. The maximum absolute atomic E-state index is 8.95. The van der Waals surface area contributed by atoms with E-state index in [0.29, 0.717) is 5.92 Å². The third-order valence-electron chi connectivity index (χ3n) is 3.44. The molecule has 0 amide bonds. The summed E-state index contributed by atoms with van der Waals surface area (Å²) in [4.78, 5) is 6.69. The third kappa shape index (κ3) is 2.96. The minimum atomic E-state index is 0.0487. The Morgan fingerprint density at radius 2 is 2.47 bits per heavy atom. The van der Waals surface area contributed by atoms with Crippen molar-refractivity contribution in [3.05, 3.63) is 23.9 Å². The van der Waals surface area contributed by atoms with Crippen LogP contribution in [-0.2, 0) is 0 Å². The summed E-state index contributed by atoms with van der Waals surface area (Å²) in [6.45, 7) is 4.29. The molecule has 0 bridgehead atoms. The van der Waals surface area contributed by atoms with Gasteiger partial charge in [-0.25, -0.2) is 4.98 Å². The average molecular weight is 235 g/mol. The Morgan fingerprint density at radius 3 is 3.18 bits per heavy atom. The molecule has 0 saturated carbocycles. The molecule has 1 aliphatic rings. The molecule has 0 aliphatic carbocycles. The van der Waals surface area contributed by atoms with Crippen LogP contribution in [0.5, 0.6) is 0 Å². The lowest BCUT2D eigenvalue weighted by Gasteiger charge is -2.18. The Kier molecular flexibility index (Phi) is 3.97. The molecule has 4 nitrogen and oxygen atoms in total. The molecule has 2 heterocycles. The fraction of sp³-hybridized carbons (Fsp3) is 0.615. The van der Waals surface area contributed by atoms with Gasteiger partial charge >= 0.3 is 0 Å². The van der Waals surface area contributed by atoms with E-state index in [2.05, 4.69) is 16.0 Å². The Balaban J connectivity index is 2.05. The lowest BCUT2D eigenvalue weighted by molar-refractivity contribution is 0.263. The predicted octanol–water partition coefficient (Wildman–Crippen LogP) is 1.31. The fourth-order valence-corrected chi connectivity index (χ4v) is 2.35. The zero-order valence-electron chi connectivity index (χ0n) is 10.3. The largest absolute Gasteiger partial charge is 0.396 e. The van der Waals surface area contributed by atoms with E-state index in [1.165, 1.54) is 0 Å². The van der Waals surface area contributed by atoms with Crippen LogP contribution in [0, 0.1) is 5.92 Å². The second kappa shape index (κ2) is 5.47. The molecule has 4 heteroatoms. The van der Waals surface area contributed by atoms with Crippen molar-refractivity contribution < 1.29 is 5.11 Å². The summed E-state index contributed by atoms with van der Waals surface area (Å²) in [5, 5.41) is 8.95. The quantitative estimate of drug-likeness (QED) is 0.826. The van der Waals surface area contributed by atoms with Crippen molar-refractivity contribution in [2.24, 2.45) is 11.7 Å². The van der Waals surface area contributed by atoms with Crippen molar-refractivity contribution >= 4 is 5.82 Å². The van der Waals surface area contributed by atoms with Crippen molar-refractivity contribution in [1.82, 2.24) is 4.98 Å². The molecule has 0 spiro atoms. The lowest BCUT2D eigenvalue weighted by Crippen LogP contribution is -2.21.